The number of hydrogen-bond acceptors (Lipinski definition) is 6. The minimum atomic E-state index is -0.514. The number of thiazole rings is 1. The van der Waals surface area contributed by atoms with Crippen molar-refractivity contribution in [1.82, 2.24) is 20.9 Å². The number of aliphatic hydroxyl groups is 1. The predicted octanol–water partition coefficient (Wildman–Crippen LogP) is 1.13. The van der Waals surface area contributed by atoms with E-state index in [1.807, 2.05) is 36.7 Å². The Morgan fingerprint density at radius 3 is 2.67 bits per heavy atom. The maximum absolute atomic E-state index is 12.5. The summed E-state index contributed by atoms with van der Waals surface area (Å²) in [5, 5.41) is 18.2. The molecule has 1 saturated heterocycles. The van der Waals surface area contributed by atoms with Crippen LogP contribution in [0.5, 0.6) is 0 Å². The van der Waals surface area contributed by atoms with Crippen LogP contribution in [0.25, 0.3) is 10.4 Å². The lowest BCUT2D eigenvalue weighted by Crippen LogP contribution is -2.43. The third-order valence-corrected chi connectivity index (χ3v) is 5.71. The molecule has 2 unspecified atom stereocenters. The van der Waals surface area contributed by atoms with Crippen LogP contribution < -0.4 is 16.0 Å². The molecule has 7 nitrogen and oxygen atoms in total. The summed E-state index contributed by atoms with van der Waals surface area (Å²) in [7, 11) is 1.58. The van der Waals surface area contributed by atoms with Crippen LogP contribution in [0.1, 0.15) is 30.1 Å². The van der Waals surface area contributed by atoms with Crippen LogP contribution in [0.3, 0.4) is 0 Å². The monoisotopic (exact) mass is 388 g/mol. The van der Waals surface area contributed by atoms with Crippen LogP contribution in [-0.2, 0) is 9.59 Å². The van der Waals surface area contributed by atoms with Crippen LogP contribution in [0.4, 0.5) is 0 Å². The minimum absolute atomic E-state index is 0.149. The Kier molecular flexibility index (Phi) is 6.20. The number of carbonyl (C=O) groups is 2. The van der Waals surface area contributed by atoms with E-state index in [0.29, 0.717) is 13.0 Å². The van der Waals surface area contributed by atoms with Crippen LogP contribution in [-0.4, -0.2) is 47.6 Å². The fourth-order valence-corrected chi connectivity index (χ4v) is 3.99. The van der Waals surface area contributed by atoms with Gasteiger partial charge in [-0.3, -0.25) is 9.59 Å². The van der Waals surface area contributed by atoms with Gasteiger partial charge in [-0.2, -0.15) is 0 Å². The number of rotatable bonds is 6. The molecule has 1 aliphatic rings. The first-order valence-electron chi connectivity index (χ1n) is 8.90. The summed E-state index contributed by atoms with van der Waals surface area (Å²) < 4.78 is 0. The molecule has 2 aromatic rings. The predicted molar refractivity (Wildman–Crippen MR) is 104 cm³/mol. The summed E-state index contributed by atoms with van der Waals surface area (Å²) in [4.78, 5) is 29.8. The lowest BCUT2D eigenvalue weighted by molar-refractivity contribution is -0.124. The molecule has 0 aliphatic carbocycles. The van der Waals surface area contributed by atoms with E-state index in [1.165, 1.54) is 0 Å². The van der Waals surface area contributed by atoms with Gasteiger partial charge < -0.3 is 21.1 Å². The van der Waals surface area contributed by atoms with E-state index in [9.17, 15) is 14.7 Å². The van der Waals surface area contributed by atoms with E-state index in [0.717, 1.165) is 21.7 Å². The van der Waals surface area contributed by atoms with Crippen LogP contribution in [0.15, 0.2) is 29.8 Å². The highest BCUT2D eigenvalue weighted by Gasteiger charge is 2.30. The van der Waals surface area contributed by atoms with Gasteiger partial charge in [0.05, 0.1) is 40.7 Å². The van der Waals surface area contributed by atoms with Crippen molar-refractivity contribution < 1.29 is 14.7 Å². The summed E-state index contributed by atoms with van der Waals surface area (Å²) in [5.74, 6) is -0.357. The van der Waals surface area contributed by atoms with Gasteiger partial charge in [-0.05, 0) is 24.5 Å². The molecule has 2 heterocycles. The summed E-state index contributed by atoms with van der Waals surface area (Å²) in [6, 6.07) is 6.95. The maximum Gasteiger partial charge on any atom is 0.237 e. The molecule has 0 spiro atoms. The van der Waals surface area contributed by atoms with Gasteiger partial charge in [-0.25, -0.2) is 4.98 Å². The third-order valence-electron chi connectivity index (χ3n) is 4.73. The molecule has 0 bridgehead atoms. The normalized spacial score (nSPS) is 20.3. The van der Waals surface area contributed by atoms with Gasteiger partial charge in [0.25, 0.3) is 0 Å². The molecule has 3 atom stereocenters. The van der Waals surface area contributed by atoms with Crippen LogP contribution >= 0.6 is 11.3 Å². The summed E-state index contributed by atoms with van der Waals surface area (Å²) >= 11 is 1.58. The highest BCUT2D eigenvalue weighted by Crippen LogP contribution is 2.29. The molecule has 1 fully saturated rings. The van der Waals surface area contributed by atoms with Gasteiger partial charge >= 0.3 is 0 Å². The number of amides is 2. The Morgan fingerprint density at radius 2 is 2.11 bits per heavy atom. The highest BCUT2D eigenvalue weighted by molar-refractivity contribution is 7.13. The number of hydrogen-bond donors (Lipinski definition) is 4. The minimum Gasteiger partial charge on any atom is -0.392 e. The fraction of sp³-hybridized carbons (Fsp3) is 0.421. The summed E-state index contributed by atoms with van der Waals surface area (Å²) in [6.07, 6.45) is 0.0125. The zero-order chi connectivity index (χ0) is 19.4. The lowest BCUT2D eigenvalue weighted by atomic mass is 10.00. The molecule has 27 heavy (non-hydrogen) atoms. The molecule has 1 aromatic heterocycles. The second-order valence-electron chi connectivity index (χ2n) is 6.68. The SMILES string of the molecule is CNC(=O)C[C@H](NC(=O)C1CC(O)CN1)c1ccc(-c2scnc2C)cc1. The molecular formula is C19H24N4O3S. The van der Waals surface area contributed by atoms with Gasteiger partial charge in [-0.1, -0.05) is 24.3 Å². The molecular weight excluding hydrogens is 364 g/mol. The molecule has 3 rings (SSSR count). The van der Waals surface area contributed by atoms with E-state index in [2.05, 4.69) is 20.9 Å². The smallest absolute Gasteiger partial charge is 0.237 e. The van der Waals surface area contributed by atoms with E-state index in [1.54, 1.807) is 18.4 Å². The van der Waals surface area contributed by atoms with Crippen molar-refractivity contribution in [2.75, 3.05) is 13.6 Å². The molecule has 144 valence electrons. The van der Waals surface area contributed by atoms with Gasteiger partial charge in [-0.15, -0.1) is 11.3 Å². The van der Waals surface area contributed by atoms with Crippen molar-refractivity contribution in [1.29, 1.82) is 0 Å². The van der Waals surface area contributed by atoms with Crippen LogP contribution in [0, 0.1) is 6.92 Å². The Labute approximate surface area is 162 Å². The number of nitrogens with one attached hydrogen (secondary N) is 3. The van der Waals surface area contributed by atoms with Crippen molar-refractivity contribution in [3.63, 3.8) is 0 Å². The first-order valence-corrected chi connectivity index (χ1v) is 9.78. The van der Waals surface area contributed by atoms with Gasteiger partial charge in [0.1, 0.15) is 0 Å². The van der Waals surface area contributed by atoms with Gasteiger partial charge in [0.2, 0.25) is 11.8 Å². The maximum atomic E-state index is 12.5. The second-order valence-corrected chi connectivity index (χ2v) is 7.53. The second kappa shape index (κ2) is 8.60. The number of benzene rings is 1. The number of nitrogens with zero attached hydrogens (tertiary/aromatic N) is 1. The average Bonchev–Trinajstić information content (AvgIpc) is 3.29. The van der Waals surface area contributed by atoms with E-state index in [-0.39, 0.29) is 18.2 Å². The average molecular weight is 388 g/mol. The van der Waals surface area contributed by atoms with Crippen molar-refractivity contribution in [3.8, 4) is 10.4 Å². The Hall–Kier alpha value is -2.29. The summed E-state index contributed by atoms with van der Waals surface area (Å²) in [5.41, 5.74) is 4.71. The largest absolute Gasteiger partial charge is 0.392 e. The Morgan fingerprint density at radius 1 is 1.37 bits per heavy atom. The van der Waals surface area contributed by atoms with Gasteiger partial charge in [0, 0.05) is 13.6 Å². The quantitative estimate of drug-likeness (QED) is 0.594. The first-order chi connectivity index (χ1) is 13.0. The lowest BCUT2D eigenvalue weighted by Gasteiger charge is -2.21. The molecule has 1 aromatic carbocycles. The number of aliphatic hydroxyl groups excluding tert-OH is 1. The first kappa shape index (κ1) is 19.5. The highest BCUT2D eigenvalue weighted by atomic mass is 32.1. The van der Waals surface area contributed by atoms with Crippen molar-refractivity contribution >= 4 is 23.2 Å². The van der Waals surface area contributed by atoms with Crippen molar-refractivity contribution in [2.24, 2.45) is 0 Å². The molecule has 0 saturated carbocycles. The number of β-amino-alcohol motifs (C(OH)–C–C–N with tert-alkyl or cyclic N) is 1. The molecule has 2 amide bonds. The molecule has 0 radical (unpaired) electrons. The summed E-state index contributed by atoms with van der Waals surface area (Å²) in [6.45, 7) is 2.37. The van der Waals surface area contributed by atoms with E-state index < -0.39 is 18.2 Å². The Balaban J connectivity index is 1.77. The van der Waals surface area contributed by atoms with Crippen molar-refractivity contribution in [3.05, 3.63) is 41.0 Å². The fourth-order valence-electron chi connectivity index (χ4n) is 3.17. The van der Waals surface area contributed by atoms with E-state index in [4.69, 9.17) is 0 Å². The Bertz CT molecular complexity index is 806. The van der Waals surface area contributed by atoms with Crippen molar-refractivity contribution in [2.45, 2.75) is 38.0 Å². The van der Waals surface area contributed by atoms with Gasteiger partial charge in [0.15, 0.2) is 0 Å². The standard InChI is InChI=1S/C19H24N4O3S/c1-11-18(27-10-22-11)13-5-3-12(4-6-13)15(8-17(25)20-2)23-19(26)16-7-14(24)9-21-16/h3-6,10,14-16,21,24H,7-9H2,1-2H3,(H,20,25)(H,23,26)/t14?,15-,16?/m0/s1. The zero-order valence-electron chi connectivity index (χ0n) is 15.4. The molecule has 4 N–H and O–H groups in total. The number of aromatic nitrogens is 1. The van der Waals surface area contributed by atoms with E-state index >= 15 is 0 Å². The zero-order valence-corrected chi connectivity index (χ0v) is 16.2. The third kappa shape index (κ3) is 4.71. The van der Waals surface area contributed by atoms with Crippen LogP contribution in [0.2, 0.25) is 0 Å². The topological polar surface area (TPSA) is 103 Å². The number of carbonyl (C=O) groups excluding carboxylic acids is 2. The number of aryl methyl sites for hydroxylation is 1. The molecule has 8 heteroatoms. The molecule has 1 aliphatic heterocycles.